The monoisotopic (exact) mass is 279 g/mol. The number of nitrogens with one attached hydrogen (secondary N) is 1. The number of aliphatic hydroxyl groups is 1. The maximum absolute atomic E-state index is 12.0. The number of morpholine rings is 1. The maximum Gasteiger partial charge on any atom is 0.254 e. The van der Waals surface area contributed by atoms with Crippen molar-refractivity contribution in [3.05, 3.63) is 27.4 Å². The molecule has 3 heterocycles. The molecule has 1 aromatic heterocycles. The Kier molecular flexibility index (Phi) is 3.87. The summed E-state index contributed by atoms with van der Waals surface area (Å²) < 4.78 is 5.86. The zero-order valence-electron chi connectivity index (χ0n) is 11.8. The lowest BCUT2D eigenvalue weighted by atomic mass is 10.1. The summed E-state index contributed by atoms with van der Waals surface area (Å²) in [6.07, 6.45) is 2.61. The highest BCUT2D eigenvalue weighted by atomic mass is 16.5. The Bertz CT molecular complexity index is 543. The predicted molar refractivity (Wildman–Crippen MR) is 73.7 cm³/mol. The van der Waals surface area contributed by atoms with Gasteiger partial charge >= 0.3 is 0 Å². The van der Waals surface area contributed by atoms with Gasteiger partial charge in [0.1, 0.15) is 11.9 Å². The zero-order valence-corrected chi connectivity index (χ0v) is 11.8. The minimum atomic E-state index is -0.159. The molecular weight excluding hydrogens is 258 g/mol. The first kappa shape index (κ1) is 13.7. The summed E-state index contributed by atoms with van der Waals surface area (Å²) in [6, 6.07) is 0.535. The van der Waals surface area contributed by atoms with E-state index in [0.717, 1.165) is 13.1 Å². The molecular formula is C14H21N3O3. The van der Waals surface area contributed by atoms with Crippen molar-refractivity contribution in [1.29, 1.82) is 0 Å². The lowest BCUT2D eigenvalue weighted by Gasteiger charge is -2.34. The topological polar surface area (TPSA) is 78.5 Å². The number of H-pyrrole nitrogens is 1. The summed E-state index contributed by atoms with van der Waals surface area (Å²) in [5.41, 5.74) is 1.09. The molecule has 2 atom stereocenters. The van der Waals surface area contributed by atoms with Crippen LogP contribution in [0, 0.1) is 6.92 Å². The fraction of sp³-hybridized carbons (Fsp3) is 0.714. The number of hydrogen-bond acceptors (Lipinski definition) is 5. The molecule has 2 N–H and O–H groups in total. The molecule has 6 nitrogen and oxygen atoms in total. The van der Waals surface area contributed by atoms with Crippen LogP contribution < -0.4 is 5.56 Å². The van der Waals surface area contributed by atoms with Gasteiger partial charge in [0.2, 0.25) is 0 Å². The number of ether oxygens (including phenoxy) is 1. The first-order valence-electron chi connectivity index (χ1n) is 7.25. The van der Waals surface area contributed by atoms with Crippen LogP contribution in [0.15, 0.2) is 4.79 Å². The van der Waals surface area contributed by atoms with Gasteiger partial charge in [-0.25, -0.2) is 4.98 Å². The Morgan fingerprint density at radius 2 is 2.40 bits per heavy atom. The van der Waals surface area contributed by atoms with Gasteiger partial charge < -0.3 is 14.8 Å². The van der Waals surface area contributed by atoms with Crippen LogP contribution in [0.4, 0.5) is 0 Å². The minimum Gasteiger partial charge on any atom is -0.396 e. The van der Waals surface area contributed by atoms with E-state index in [4.69, 9.17) is 9.84 Å². The molecule has 110 valence electrons. The van der Waals surface area contributed by atoms with Gasteiger partial charge in [-0.15, -0.1) is 0 Å². The molecule has 0 amide bonds. The molecule has 0 aliphatic carbocycles. The summed E-state index contributed by atoms with van der Waals surface area (Å²) in [5.74, 6) is 0.611. The van der Waals surface area contributed by atoms with Crippen molar-refractivity contribution in [2.45, 2.75) is 38.3 Å². The SMILES string of the molecule is Cc1nc(C2CN3CCCC3CO2)[nH]c(=O)c1CCO. The van der Waals surface area contributed by atoms with Crippen LogP contribution in [0.1, 0.15) is 36.0 Å². The highest BCUT2D eigenvalue weighted by Gasteiger charge is 2.34. The van der Waals surface area contributed by atoms with Gasteiger partial charge in [-0.3, -0.25) is 9.69 Å². The molecule has 2 saturated heterocycles. The third-order valence-electron chi connectivity index (χ3n) is 4.30. The van der Waals surface area contributed by atoms with E-state index in [1.165, 1.54) is 12.8 Å². The fourth-order valence-corrected chi connectivity index (χ4v) is 3.17. The normalized spacial score (nSPS) is 26.7. The minimum absolute atomic E-state index is 0.0413. The number of aromatic nitrogens is 2. The van der Waals surface area contributed by atoms with Crippen LogP contribution in [-0.2, 0) is 11.2 Å². The van der Waals surface area contributed by atoms with Gasteiger partial charge in [0.05, 0.1) is 6.61 Å². The van der Waals surface area contributed by atoms with Crippen LogP contribution in [0.3, 0.4) is 0 Å². The number of hydrogen-bond donors (Lipinski definition) is 2. The number of aryl methyl sites for hydroxylation is 1. The maximum atomic E-state index is 12.0. The number of aromatic amines is 1. The Morgan fingerprint density at radius 3 is 3.15 bits per heavy atom. The van der Waals surface area contributed by atoms with Crippen LogP contribution in [0.25, 0.3) is 0 Å². The zero-order chi connectivity index (χ0) is 14.1. The van der Waals surface area contributed by atoms with Gasteiger partial charge in [-0.05, 0) is 26.3 Å². The Morgan fingerprint density at radius 1 is 1.55 bits per heavy atom. The summed E-state index contributed by atoms with van der Waals surface area (Å²) >= 11 is 0. The average molecular weight is 279 g/mol. The van der Waals surface area contributed by atoms with E-state index in [-0.39, 0.29) is 18.3 Å². The molecule has 2 unspecified atom stereocenters. The molecule has 2 aliphatic heterocycles. The van der Waals surface area contributed by atoms with Crippen LogP contribution in [0.5, 0.6) is 0 Å². The predicted octanol–water partition coefficient (Wildman–Crippen LogP) is 0.149. The molecule has 0 spiro atoms. The van der Waals surface area contributed by atoms with Crippen molar-refractivity contribution in [2.24, 2.45) is 0 Å². The van der Waals surface area contributed by atoms with E-state index in [1.807, 2.05) is 6.92 Å². The third kappa shape index (κ3) is 2.51. The van der Waals surface area contributed by atoms with E-state index in [1.54, 1.807) is 0 Å². The quantitative estimate of drug-likeness (QED) is 0.823. The first-order valence-corrected chi connectivity index (χ1v) is 7.25. The standard InChI is InChI=1S/C14H21N3O3/c1-9-11(4-6-18)14(19)16-13(15-9)12-7-17-5-2-3-10(17)8-20-12/h10,12,18H,2-8H2,1H3,(H,15,16,19). The largest absolute Gasteiger partial charge is 0.396 e. The molecule has 6 heteroatoms. The number of aliphatic hydroxyl groups excluding tert-OH is 1. The first-order chi connectivity index (χ1) is 9.69. The number of fused-ring (bicyclic) bond motifs is 1. The molecule has 3 rings (SSSR count). The van der Waals surface area contributed by atoms with Gasteiger partial charge in [0, 0.05) is 36.9 Å². The Labute approximate surface area is 117 Å². The summed E-state index contributed by atoms with van der Waals surface area (Å²) in [7, 11) is 0. The lowest BCUT2D eigenvalue weighted by molar-refractivity contribution is -0.0543. The van der Waals surface area contributed by atoms with Gasteiger partial charge in [0.25, 0.3) is 5.56 Å². The molecule has 0 aromatic carbocycles. The van der Waals surface area contributed by atoms with Crippen molar-refractivity contribution < 1.29 is 9.84 Å². The molecule has 2 aliphatic rings. The van der Waals surface area contributed by atoms with Crippen molar-refractivity contribution in [3.8, 4) is 0 Å². The van der Waals surface area contributed by atoms with Crippen molar-refractivity contribution in [3.63, 3.8) is 0 Å². The van der Waals surface area contributed by atoms with Crippen LogP contribution >= 0.6 is 0 Å². The second-order valence-electron chi connectivity index (χ2n) is 5.60. The van der Waals surface area contributed by atoms with E-state index >= 15 is 0 Å². The highest BCUT2D eigenvalue weighted by Crippen LogP contribution is 2.28. The highest BCUT2D eigenvalue weighted by molar-refractivity contribution is 5.17. The van der Waals surface area contributed by atoms with Crippen molar-refractivity contribution >= 4 is 0 Å². The molecule has 2 fully saturated rings. The van der Waals surface area contributed by atoms with Gasteiger partial charge in [0.15, 0.2) is 0 Å². The number of rotatable bonds is 3. The smallest absolute Gasteiger partial charge is 0.254 e. The van der Waals surface area contributed by atoms with E-state index < -0.39 is 0 Å². The van der Waals surface area contributed by atoms with Crippen LogP contribution in [-0.4, -0.2) is 52.3 Å². The Balaban J connectivity index is 1.82. The van der Waals surface area contributed by atoms with E-state index in [0.29, 0.717) is 36.2 Å². The molecule has 1 aromatic rings. The fourth-order valence-electron chi connectivity index (χ4n) is 3.17. The number of nitrogens with zero attached hydrogens (tertiary/aromatic N) is 2. The molecule has 0 bridgehead atoms. The van der Waals surface area contributed by atoms with E-state index in [2.05, 4.69) is 14.9 Å². The second-order valence-corrected chi connectivity index (χ2v) is 5.60. The van der Waals surface area contributed by atoms with Crippen molar-refractivity contribution in [1.82, 2.24) is 14.9 Å². The molecule has 0 radical (unpaired) electrons. The molecule has 0 saturated carbocycles. The summed E-state index contributed by atoms with van der Waals surface area (Å²) in [5, 5.41) is 8.98. The van der Waals surface area contributed by atoms with Gasteiger partial charge in [-0.1, -0.05) is 0 Å². The Hall–Kier alpha value is -1.24. The second kappa shape index (κ2) is 5.63. The average Bonchev–Trinajstić information content (AvgIpc) is 2.90. The van der Waals surface area contributed by atoms with E-state index in [9.17, 15) is 4.79 Å². The third-order valence-corrected chi connectivity index (χ3v) is 4.30. The van der Waals surface area contributed by atoms with Gasteiger partial charge in [-0.2, -0.15) is 0 Å². The summed E-state index contributed by atoms with van der Waals surface area (Å²) in [4.78, 5) is 21.8. The summed E-state index contributed by atoms with van der Waals surface area (Å²) in [6.45, 7) is 4.39. The lowest BCUT2D eigenvalue weighted by Crippen LogP contribution is -2.43. The van der Waals surface area contributed by atoms with Crippen molar-refractivity contribution in [2.75, 3.05) is 26.3 Å². The van der Waals surface area contributed by atoms with Crippen LogP contribution in [0.2, 0.25) is 0 Å². The molecule has 20 heavy (non-hydrogen) atoms.